The first kappa shape index (κ1) is 16.6. The number of halogens is 3. The van der Waals surface area contributed by atoms with E-state index < -0.39 is 6.36 Å². The second-order valence-electron chi connectivity index (χ2n) is 5.96. The van der Waals surface area contributed by atoms with Crippen LogP contribution in [0.1, 0.15) is 11.3 Å². The number of hydrogen-bond acceptors (Lipinski definition) is 4. The maximum atomic E-state index is 12.6. The molecular weight excluding hydrogens is 347 g/mol. The van der Waals surface area contributed by atoms with Crippen molar-refractivity contribution in [1.29, 1.82) is 0 Å². The quantitative estimate of drug-likeness (QED) is 0.775. The van der Waals surface area contributed by atoms with E-state index in [-0.39, 0.29) is 12.3 Å². The summed E-state index contributed by atoms with van der Waals surface area (Å²) in [5.74, 6) is 0.390. The summed E-state index contributed by atoms with van der Waals surface area (Å²) in [5.41, 5.74) is 2.17. The van der Waals surface area contributed by atoms with Gasteiger partial charge in [-0.2, -0.15) is 5.10 Å². The maximum absolute atomic E-state index is 12.6. The summed E-state index contributed by atoms with van der Waals surface area (Å²) in [7, 11) is 0. The molecule has 1 aromatic carbocycles. The van der Waals surface area contributed by atoms with Crippen LogP contribution in [0, 0.1) is 0 Å². The Balaban J connectivity index is 1.63. The molecule has 0 saturated carbocycles. The largest absolute Gasteiger partial charge is 0.573 e. The molecule has 0 spiro atoms. The van der Waals surface area contributed by atoms with Gasteiger partial charge in [0.1, 0.15) is 11.4 Å². The number of ether oxygens (including phenoxy) is 1. The van der Waals surface area contributed by atoms with Crippen molar-refractivity contribution in [2.24, 2.45) is 0 Å². The fourth-order valence-electron chi connectivity index (χ4n) is 3.01. The van der Waals surface area contributed by atoms with Gasteiger partial charge in [0.05, 0.1) is 18.8 Å². The Labute approximate surface area is 147 Å². The molecule has 1 aliphatic rings. The highest BCUT2D eigenvalue weighted by atomic mass is 19.4. The molecule has 0 unspecified atom stereocenters. The van der Waals surface area contributed by atoms with Gasteiger partial charge in [0.2, 0.25) is 0 Å². The molecule has 9 heteroatoms. The Morgan fingerprint density at radius 1 is 1.23 bits per heavy atom. The van der Waals surface area contributed by atoms with E-state index in [4.69, 9.17) is 0 Å². The lowest BCUT2D eigenvalue weighted by Crippen LogP contribution is -2.28. The van der Waals surface area contributed by atoms with Crippen LogP contribution in [0.3, 0.4) is 0 Å². The highest BCUT2D eigenvalue weighted by Crippen LogP contribution is 2.28. The molecule has 2 aromatic heterocycles. The molecule has 0 fully saturated rings. The maximum Gasteiger partial charge on any atom is 0.573 e. The number of para-hydroxylation sites is 1. The predicted octanol–water partition coefficient (Wildman–Crippen LogP) is 2.80. The number of nitrogens with one attached hydrogen (secondary N) is 1. The topological polar surface area (TPSA) is 56.9 Å². The Morgan fingerprint density at radius 3 is 2.88 bits per heavy atom. The second kappa shape index (κ2) is 6.49. The molecule has 6 nitrogen and oxygen atoms in total. The Hall–Kier alpha value is -2.81. The number of rotatable bonds is 4. The van der Waals surface area contributed by atoms with Crippen LogP contribution in [-0.4, -0.2) is 32.2 Å². The van der Waals surface area contributed by atoms with Gasteiger partial charge < -0.3 is 14.6 Å². The normalized spacial score (nSPS) is 14.3. The first-order valence-electron chi connectivity index (χ1n) is 8.12. The van der Waals surface area contributed by atoms with Crippen LogP contribution >= 0.6 is 0 Å². The summed E-state index contributed by atoms with van der Waals surface area (Å²) in [4.78, 5) is 4.33. The van der Waals surface area contributed by atoms with Gasteiger partial charge in [-0.25, -0.2) is 4.98 Å². The molecule has 26 heavy (non-hydrogen) atoms. The lowest BCUT2D eigenvalue weighted by atomic mass is 10.2. The smallest absolute Gasteiger partial charge is 0.405 e. The van der Waals surface area contributed by atoms with Gasteiger partial charge in [0, 0.05) is 31.0 Å². The van der Waals surface area contributed by atoms with Crippen molar-refractivity contribution in [3.05, 3.63) is 54.0 Å². The molecule has 3 heterocycles. The number of imidazole rings is 1. The molecule has 0 atom stereocenters. The van der Waals surface area contributed by atoms with Crippen molar-refractivity contribution in [3.8, 4) is 17.3 Å². The van der Waals surface area contributed by atoms with E-state index in [0.29, 0.717) is 17.1 Å². The van der Waals surface area contributed by atoms with Crippen molar-refractivity contribution in [2.45, 2.75) is 26.0 Å². The zero-order valence-corrected chi connectivity index (χ0v) is 13.7. The van der Waals surface area contributed by atoms with E-state index in [1.54, 1.807) is 29.1 Å². The van der Waals surface area contributed by atoms with Crippen LogP contribution in [0.4, 0.5) is 13.2 Å². The van der Waals surface area contributed by atoms with Gasteiger partial charge in [-0.3, -0.25) is 4.68 Å². The molecule has 3 aromatic rings. The van der Waals surface area contributed by atoms with E-state index in [1.807, 2.05) is 10.7 Å². The van der Waals surface area contributed by atoms with E-state index in [2.05, 4.69) is 20.1 Å². The zero-order chi connectivity index (χ0) is 18.1. The van der Waals surface area contributed by atoms with Crippen LogP contribution < -0.4 is 10.1 Å². The van der Waals surface area contributed by atoms with Crippen molar-refractivity contribution < 1.29 is 17.9 Å². The first-order chi connectivity index (χ1) is 12.5. The minimum absolute atomic E-state index is 0.196. The van der Waals surface area contributed by atoms with Crippen molar-refractivity contribution >= 4 is 0 Å². The minimum Gasteiger partial charge on any atom is -0.405 e. The first-order valence-corrected chi connectivity index (χ1v) is 8.12. The van der Waals surface area contributed by atoms with Gasteiger partial charge >= 0.3 is 6.36 Å². The molecule has 0 aliphatic carbocycles. The molecule has 1 aliphatic heterocycles. The minimum atomic E-state index is -4.73. The van der Waals surface area contributed by atoms with E-state index in [9.17, 15) is 13.2 Å². The SMILES string of the molecule is FC(F)(F)Oc1ccccc1Cn1ccnc1-c1cc2n(n1)CCNC2. The van der Waals surface area contributed by atoms with E-state index in [1.165, 1.54) is 12.1 Å². The Bertz CT molecular complexity index is 892. The fourth-order valence-corrected chi connectivity index (χ4v) is 3.01. The highest BCUT2D eigenvalue weighted by molar-refractivity contribution is 5.51. The summed E-state index contributed by atoms with van der Waals surface area (Å²) >= 11 is 0. The Morgan fingerprint density at radius 2 is 2.08 bits per heavy atom. The van der Waals surface area contributed by atoms with Crippen LogP contribution in [0.25, 0.3) is 11.5 Å². The summed E-state index contributed by atoms with van der Waals surface area (Å²) in [6.07, 6.45) is -1.40. The number of nitrogens with zero attached hydrogens (tertiary/aromatic N) is 4. The monoisotopic (exact) mass is 363 g/mol. The molecular formula is C17H16F3N5O. The standard InChI is InChI=1S/C17H16F3N5O/c18-17(19,20)26-15-4-2-1-3-12(15)11-24-7-6-22-16(24)14-9-13-10-21-5-8-25(13)23-14/h1-4,6-7,9,21H,5,8,10-11H2. The molecule has 1 N–H and O–H groups in total. The summed E-state index contributed by atoms with van der Waals surface area (Å²) in [6, 6.07) is 8.04. The average Bonchev–Trinajstić information content (AvgIpc) is 3.21. The van der Waals surface area contributed by atoms with Crippen LogP contribution in [0.2, 0.25) is 0 Å². The van der Waals surface area contributed by atoms with Crippen molar-refractivity contribution in [2.75, 3.05) is 6.54 Å². The number of hydrogen-bond donors (Lipinski definition) is 1. The zero-order valence-electron chi connectivity index (χ0n) is 13.7. The van der Waals surface area contributed by atoms with Gasteiger partial charge in [-0.1, -0.05) is 18.2 Å². The van der Waals surface area contributed by atoms with Crippen LogP contribution in [0.15, 0.2) is 42.7 Å². The molecule has 136 valence electrons. The van der Waals surface area contributed by atoms with Gasteiger partial charge in [0.15, 0.2) is 5.82 Å². The van der Waals surface area contributed by atoms with E-state index in [0.717, 1.165) is 25.3 Å². The third kappa shape index (κ3) is 3.43. The van der Waals surface area contributed by atoms with E-state index >= 15 is 0 Å². The van der Waals surface area contributed by atoms with Gasteiger partial charge in [-0.05, 0) is 12.1 Å². The Kier molecular flexibility index (Phi) is 4.15. The second-order valence-corrected chi connectivity index (χ2v) is 5.96. The molecule has 0 saturated heterocycles. The third-order valence-corrected chi connectivity index (χ3v) is 4.15. The fraction of sp³-hybridized carbons (Fsp3) is 0.294. The van der Waals surface area contributed by atoms with Crippen molar-refractivity contribution in [1.82, 2.24) is 24.6 Å². The number of aromatic nitrogens is 4. The molecule has 0 bridgehead atoms. The summed E-state index contributed by atoms with van der Waals surface area (Å²) in [5, 5.41) is 7.83. The summed E-state index contributed by atoms with van der Waals surface area (Å²) in [6.45, 7) is 2.56. The molecule has 0 radical (unpaired) electrons. The lowest BCUT2D eigenvalue weighted by Gasteiger charge is -2.14. The summed E-state index contributed by atoms with van der Waals surface area (Å²) < 4.78 is 45.7. The van der Waals surface area contributed by atoms with Gasteiger partial charge in [-0.15, -0.1) is 13.2 Å². The number of benzene rings is 1. The van der Waals surface area contributed by atoms with Crippen molar-refractivity contribution in [3.63, 3.8) is 0 Å². The number of fused-ring (bicyclic) bond motifs is 1. The lowest BCUT2D eigenvalue weighted by molar-refractivity contribution is -0.274. The predicted molar refractivity (Wildman–Crippen MR) is 87.4 cm³/mol. The molecule has 0 amide bonds. The van der Waals surface area contributed by atoms with Gasteiger partial charge in [0.25, 0.3) is 0 Å². The highest BCUT2D eigenvalue weighted by Gasteiger charge is 2.32. The average molecular weight is 363 g/mol. The third-order valence-electron chi connectivity index (χ3n) is 4.15. The van der Waals surface area contributed by atoms with Crippen LogP contribution in [-0.2, 0) is 19.6 Å². The van der Waals surface area contributed by atoms with Crippen LogP contribution in [0.5, 0.6) is 5.75 Å². The number of alkyl halides is 3. The molecule has 4 rings (SSSR count).